The van der Waals surface area contributed by atoms with Crippen molar-refractivity contribution < 1.29 is 9.53 Å². The highest BCUT2D eigenvalue weighted by Gasteiger charge is 2.49. The summed E-state index contributed by atoms with van der Waals surface area (Å²) in [6, 6.07) is 2.29. The molecule has 2 atom stereocenters. The Kier molecular flexibility index (Phi) is 7.66. The van der Waals surface area contributed by atoms with Crippen LogP contribution in [0.4, 0.5) is 0 Å². The molecule has 0 aliphatic rings. The van der Waals surface area contributed by atoms with Crippen LogP contribution in [-0.4, -0.2) is 12.6 Å². The van der Waals surface area contributed by atoms with Gasteiger partial charge in [-0.05, 0) is 31.6 Å². The molecular formula is C15H27NO2. The SMILES string of the molecule is CCC[C@H](C)C(C#N)(C(=O)OCC)[C@@H](C)CCC. The highest BCUT2D eigenvalue weighted by molar-refractivity contribution is 5.80. The van der Waals surface area contributed by atoms with Gasteiger partial charge in [-0.3, -0.25) is 4.79 Å². The fraction of sp³-hybridized carbons (Fsp3) is 0.867. The molecule has 0 aromatic rings. The molecule has 0 radical (unpaired) electrons. The zero-order chi connectivity index (χ0) is 14.2. The van der Waals surface area contributed by atoms with Gasteiger partial charge in [-0.2, -0.15) is 5.26 Å². The maximum atomic E-state index is 12.3. The van der Waals surface area contributed by atoms with E-state index in [1.54, 1.807) is 6.92 Å². The molecule has 0 spiro atoms. The lowest BCUT2D eigenvalue weighted by molar-refractivity contribution is -0.158. The van der Waals surface area contributed by atoms with E-state index in [2.05, 4.69) is 19.9 Å². The van der Waals surface area contributed by atoms with E-state index >= 15 is 0 Å². The van der Waals surface area contributed by atoms with Crippen molar-refractivity contribution in [2.75, 3.05) is 6.61 Å². The van der Waals surface area contributed by atoms with Crippen LogP contribution in [0.25, 0.3) is 0 Å². The Labute approximate surface area is 112 Å². The van der Waals surface area contributed by atoms with Crippen molar-refractivity contribution in [2.24, 2.45) is 17.3 Å². The average Bonchev–Trinajstić information content (AvgIpc) is 2.31. The van der Waals surface area contributed by atoms with Crippen molar-refractivity contribution in [1.82, 2.24) is 0 Å². The normalized spacial score (nSPS) is 14.7. The second-order valence-electron chi connectivity index (χ2n) is 5.08. The quantitative estimate of drug-likeness (QED) is 0.616. The first-order valence-electron chi connectivity index (χ1n) is 7.09. The van der Waals surface area contributed by atoms with Gasteiger partial charge in [-0.15, -0.1) is 0 Å². The minimum absolute atomic E-state index is 0.0353. The smallest absolute Gasteiger partial charge is 0.327 e. The second kappa shape index (κ2) is 8.13. The van der Waals surface area contributed by atoms with Crippen molar-refractivity contribution in [2.45, 2.75) is 60.3 Å². The topological polar surface area (TPSA) is 50.1 Å². The minimum Gasteiger partial charge on any atom is -0.465 e. The molecule has 0 saturated carbocycles. The van der Waals surface area contributed by atoms with Crippen LogP contribution in [0, 0.1) is 28.6 Å². The number of hydrogen-bond donors (Lipinski definition) is 0. The molecule has 0 aromatic carbocycles. The molecule has 3 heteroatoms. The van der Waals surface area contributed by atoms with E-state index in [1.165, 1.54) is 0 Å². The Bertz CT molecular complexity index is 281. The van der Waals surface area contributed by atoms with Crippen molar-refractivity contribution in [1.29, 1.82) is 5.26 Å². The fourth-order valence-electron chi connectivity index (χ4n) is 2.73. The number of rotatable bonds is 8. The summed E-state index contributed by atoms with van der Waals surface area (Å²) in [5, 5.41) is 9.62. The van der Waals surface area contributed by atoms with Crippen molar-refractivity contribution >= 4 is 5.97 Å². The molecule has 0 aliphatic carbocycles. The molecule has 0 aromatic heterocycles. The summed E-state index contributed by atoms with van der Waals surface area (Å²) in [6.45, 7) is 10.3. The van der Waals surface area contributed by atoms with Crippen molar-refractivity contribution in [3.8, 4) is 6.07 Å². The molecule has 0 amide bonds. The van der Waals surface area contributed by atoms with E-state index < -0.39 is 5.41 Å². The number of carbonyl (C=O) groups is 1. The molecule has 0 N–H and O–H groups in total. The van der Waals surface area contributed by atoms with Crippen LogP contribution < -0.4 is 0 Å². The van der Waals surface area contributed by atoms with E-state index in [4.69, 9.17) is 4.74 Å². The molecule has 0 unspecified atom stereocenters. The molecule has 0 saturated heterocycles. The van der Waals surface area contributed by atoms with E-state index in [1.807, 2.05) is 13.8 Å². The number of nitriles is 1. The third-order valence-corrected chi connectivity index (χ3v) is 3.80. The van der Waals surface area contributed by atoms with Gasteiger partial charge in [0.15, 0.2) is 5.41 Å². The summed E-state index contributed by atoms with van der Waals surface area (Å²) in [6.07, 6.45) is 3.70. The molecule has 104 valence electrons. The van der Waals surface area contributed by atoms with Crippen LogP contribution in [0.5, 0.6) is 0 Å². The fourth-order valence-corrected chi connectivity index (χ4v) is 2.73. The van der Waals surface area contributed by atoms with Gasteiger partial charge < -0.3 is 4.74 Å². The Morgan fingerprint density at radius 3 is 1.89 bits per heavy atom. The second-order valence-corrected chi connectivity index (χ2v) is 5.08. The third kappa shape index (κ3) is 3.48. The molecule has 0 heterocycles. The standard InChI is InChI=1S/C15H27NO2/c1-6-9-12(4)15(11-16,13(5)10-7-2)14(17)18-8-3/h12-13H,6-10H2,1-5H3/t12-,13-/m0/s1. The van der Waals surface area contributed by atoms with Gasteiger partial charge in [0.2, 0.25) is 0 Å². The number of carbonyl (C=O) groups excluding carboxylic acids is 1. The third-order valence-electron chi connectivity index (χ3n) is 3.80. The lowest BCUT2D eigenvalue weighted by Crippen LogP contribution is -2.43. The van der Waals surface area contributed by atoms with Crippen LogP contribution in [0.3, 0.4) is 0 Å². The average molecular weight is 253 g/mol. The first-order valence-corrected chi connectivity index (χ1v) is 7.09. The van der Waals surface area contributed by atoms with Crippen molar-refractivity contribution in [3.63, 3.8) is 0 Å². The summed E-state index contributed by atoms with van der Waals surface area (Å²) in [5.41, 5.74) is -0.984. The van der Waals surface area contributed by atoms with Crippen LogP contribution in [0.2, 0.25) is 0 Å². The number of nitrogens with zero attached hydrogens (tertiary/aromatic N) is 1. The van der Waals surface area contributed by atoms with E-state index in [0.717, 1.165) is 25.7 Å². The molecule has 0 bridgehead atoms. The summed E-state index contributed by atoms with van der Waals surface area (Å²) in [4.78, 5) is 12.3. The lowest BCUT2D eigenvalue weighted by atomic mass is 9.66. The predicted molar refractivity (Wildman–Crippen MR) is 72.8 cm³/mol. The Hall–Kier alpha value is -1.04. The zero-order valence-corrected chi connectivity index (χ0v) is 12.5. The van der Waals surface area contributed by atoms with E-state index in [0.29, 0.717) is 6.61 Å². The van der Waals surface area contributed by atoms with Crippen LogP contribution in [0.15, 0.2) is 0 Å². The van der Waals surface area contributed by atoms with Gasteiger partial charge in [0.25, 0.3) is 0 Å². The Balaban J connectivity index is 5.33. The highest BCUT2D eigenvalue weighted by atomic mass is 16.5. The maximum Gasteiger partial charge on any atom is 0.327 e. The van der Waals surface area contributed by atoms with Gasteiger partial charge in [0, 0.05) is 0 Å². The molecular weight excluding hydrogens is 226 g/mol. The van der Waals surface area contributed by atoms with Gasteiger partial charge in [-0.1, -0.05) is 40.5 Å². The molecule has 0 fully saturated rings. The first kappa shape index (κ1) is 17.0. The molecule has 18 heavy (non-hydrogen) atoms. The Morgan fingerprint density at radius 1 is 1.17 bits per heavy atom. The highest BCUT2D eigenvalue weighted by Crippen LogP contribution is 2.41. The van der Waals surface area contributed by atoms with E-state index in [-0.39, 0.29) is 17.8 Å². The molecule has 3 nitrogen and oxygen atoms in total. The summed E-state index contributed by atoms with van der Waals surface area (Å²) in [7, 11) is 0. The monoisotopic (exact) mass is 253 g/mol. The largest absolute Gasteiger partial charge is 0.465 e. The maximum absolute atomic E-state index is 12.3. The number of esters is 1. The van der Waals surface area contributed by atoms with Crippen LogP contribution in [0.1, 0.15) is 60.3 Å². The summed E-state index contributed by atoms with van der Waals surface area (Å²) in [5.74, 6) is -0.268. The number of ether oxygens (including phenoxy) is 1. The number of hydrogen-bond acceptors (Lipinski definition) is 3. The predicted octanol–water partition coefficient (Wildman–Crippen LogP) is 3.93. The van der Waals surface area contributed by atoms with Crippen molar-refractivity contribution in [3.05, 3.63) is 0 Å². The van der Waals surface area contributed by atoms with Gasteiger partial charge in [0.05, 0.1) is 12.7 Å². The summed E-state index contributed by atoms with van der Waals surface area (Å²) >= 11 is 0. The molecule has 0 rings (SSSR count). The van der Waals surface area contributed by atoms with E-state index in [9.17, 15) is 10.1 Å². The van der Waals surface area contributed by atoms with Gasteiger partial charge >= 0.3 is 5.97 Å². The lowest BCUT2D eigenvalue weighted by Gasteiger charge is -2.35. The molecule has 0 aliphatic heterocycles. The summed E-state index contributed by atoms with van der Waals surface area (Å²) < 4.78 is 5.17. The zero-order valence-electron chi connectivity index (χ0n) is 12.5. The van der Waals surface area contributed by atoms with Gasteiger partial charge in [-0.25, -0.2) is 0 Å². The Morgan fingerprint density at radius 2 is 1.61 bits per heavy atom. The van der Waals surface area contributed by atoms with Crippen LogP contribution >= 0.6 is 0 Å². The first-order chi connectivity index (χ1) is 8.50. The van der Waals surface area contributed by atoms with Crippen LogP contribution in [-0.2, 0) is 9.53 Å². The minimum atomic E-state index is -0.984. The van der Waals surface area contributed by atoms with Gasteiger partial charge in [0.1, 0.15) is 0 Å².